The first-order valence-corrected chi connectivity index (χ1v) is 4.92. The molecule has 0 unspecified atom stereocenters. The Labute approximate surface area is 83.3 Å². The van der Waals surface area contributed by atoms with E-state index in [9.17, 15) is 4.79 Å². The maximum absolute atomic E-state index is 10.9. The highest BCUT2D eigenvalue weighted by atomic mass is 16.1. The molecule has 0 aromatic heterocycles. The Bertz CT molecular complexity index is 345. The molecule has 1 aromatic carbocycles. The summed E-state index contributed by atoms with van der Waals surface area (Å²) < 4.78 is 0. The molecule has 3 N–H and O–H groups in total. The molecule has 3 nitrogen and oxygen atoms in total. The minimum Gasteiger partial charge on any atom is -0.382 e. The molecule has 0 aliphatic heterocycles. The lowest BCUT2D eigenvalue weighted by molar-refractivity contribution is 0.100. The zero-order valence-corrected chi connectivity index (χ0v) is 7.99. The van der Waals surface area contributed by atoms with Crippen LogP contribution in [0.3, 0.4) is 0 Å². The van der Waals surface area contributed by atoms with E-state index in [0.29, 0.717) is 11.6 Å². The van der Waals surface area contributed by atoms with E-state index in [1.807, 2.05) is 12.1 Å². The van der Waals surface area contributed by atoms with Crippen LogP contribution < -0.4 is 11.1 Å². The number of carbonyl (C=O) groups excluding carboxylic acids is 1. The summed E-state index contributed by atoms with van der Waals surface area (Å²) in [5, 5.41) is 3.37. The third kappa shape index (κ3) is 1.87. The molecule has 14 heavy (non-hydrogen) atoms. The highest BCUT2D eigenvalue weighted by Gasteiger charge is 2.16. The summed E-state index contributed by atoms with van der Waals surface area (Å²) >= 11 is 0. The number of rotatable bonds is 3. The van der Waals surface area contributed by atoms with Gasteiger partial charge >= 0.3 is 0 Å². The van der Waals surface area contributed by atoms with Crippen LogP contribution in [0.2, 0.25) is 0 Å². The summed E-state index contributed by atoms with van der Waals surface area (Å²) in [6.45, 7) is 0. The number of hydrogen-bond donors (Lipinski definition) is 2. The molecule has 3 heteroatoms. The number of anilines is 1. The van der Waals surface area contributed by atoms with Gasteiger partial charge in [-0.1, -0.05) is 6.07 Å². The summed E-state index contributed by atoms with van der Waals surface area (Å²) in [7, 11) is 0. The molecule has 74 valence electrons. The molecule has 1 aliphatic rings. The van der Waals surface area contributed by atoms with Crippen molar-refractivity contribution in [2.75, 3.05) is 5.32 Å². The predicted octanol–water partition coefficient (Wildman–Crippen LogP) is 1.75. The van der Waals surface area contributed by atoms with Crippen LogP contribution >= 0.6 is 0 Å². The van der Waals surface area contributed by atoms with E-state index in [1.54, 1.807) is 12.1 Å². The van der Waals surface area contributed by atoms with Gasteiger partial charge in [-0.3, -0.25) is 4.79 Å². The third-order valence-electron chi connectivity index (χ3n) is 2.62. The van der Waals surface area contributed by atoms with Gasteiger partial charge < -0.3 is 11.1 Å². The number of carbonyl (C=O) groups is 1. The quantitative estimate of drug-likeness (QED) is 0.763. The molecule has 0 saturated heterocycles. The normalized spacial score (nSPS) is 16.0. The molecule has 0 heterocycles. The van der Waals surface area contributed by atoms with E-state index in [-0.39, 0.29) is 5.91 Å². The maximum Gasteiger partial charge on any atom is 0.248 e. The fourth-order valence-electron chi connectivity index (χ4n) is 1.55. The molecule has 2 rings (SSSR count). The Balaban J connectivity index is 2.09. The lowest BCUT2D eigenvalue weighted by Gasteiger charge is -2.27. The van der Waals surface area contributed by atoms with Crippen LogP contribution in [0.25, 0.3) is 0 Å². The van der Waals surface area contributed by atoms with Crippen molar-refractivity contribution in [2.45, 2.75) is 25.3 Å². The van der Waals surface area contributed by atoms with Crippen LogP contribution in [-0.4, -0.2) is 11.9 Å². The maximum atomic E-state index is 10.9. The van der Waals surface area contributed by atoms with Crippen molar-refractivity contribution in [3.8, 4) is 0 Å². The van der Waals surface area contributed by atoms with Gasteiger partial charge in [-0.05, 0) is 37.5 Å². The van der Waals surface area contributed by atoms with Crippen molar-refractivity contribution >= 4 is 11.6 Å². The van der Waals surface area contributed by atoms with E-state index < -0.39 is 0 Å². The zero-order chi connectivity index (χ0) is 9.97. The number of amides is 1. The van der Waals surface area contributed by atoms with Crippen molar-refractivity contribution in [3.63, 3.8) is 0 Å². The van der Waals surface area contributed by atoms with Gasteiger partial charge in [-0.15, -0.1) is 0 Å². The first kappa shape index (κ1) is 9.06. The first-order chi connectivity index (χ1) is 6.75. The third-order valence-corrected chi connectivity index (χ3v) is 2.62. The Morgan fingerprint density at radius 1 is 1.43 bits per heavy atom. The van der Waals surface area contributed by atoms with Gasteiger partial charge in [0, 0.05) is 17.3 Å². The Morgan fingerprint density at radius 2 is 2.21 bits per heavy atom. The summed E-state index contributed by atoms with van der Waals surface area (Å²) in [4.78, 5) is 10.9. The van der Waals surface area contributed by atoms with E-state index in [0.717, 1.165) is 5.69 Å². The summed E-state index contributed by atoms with van der Waals surface area (Å²) in [5.41, 5.74) is 6.75. The second-order valence-electron chi connectivity index (χ2n) is 3.72. The molecule has 0 atom stereocenters. The Hall–Kier alpha value is -1.51. The van der Waals surface area contributed by atoms with Gasteiger partial charge in [-0.25, -0.2) is 0 Å². The number of nitrogens with two attached hydrogens (primary N) is 1. The topological polar surface area (TPSA) is 55.1 Å². The van der Waals surface area contributed by atoms with Crippen LogP contribution in [0.5, 0.6) is 0 Å². The molecule has 0 bridgehead atoms. The minimum absolute atomic E-state index is 0.373. The lowest BCUT2D eigenvalue weighted by atomic mass is 9.93. The van der Waals surface area contributed by atoms with E-state index >= 15 is 0 Å². The largest absolute Gasteiger partial charge is 0.382 e. The van der Waals surface area contributed by atoms with Gasteiger partial charge in [0.2, 0.25) is 5.91 Å². The molecular formula is C11H14N2O. The van der Waals surface area contributed by atoms with Crippen LogP contribution in [-0.2, 0) is 0 Å². The number of nitrogens with one attached hydrogen (secondary N) is 1. The lowest BCUT2D eigenvalue weighted by Crippen LogP contribution is -2.27. The zero-order valence-electron chi connectivity index (χ0n) is 7.99. The van der Waals surface area contributed by atoms with Crippen molar-refractivity contribution in [3.05, 3.63) is 29.8 Å². The highest BCUT2D eigenvalue weighted by Crippen LogP contribution is 2.23. The second kappa shape index (κ2) is 3.70. The van der Waals surface area contributed by atoms with Gasteiger partial charge in [0.1, 0.15) is 0 Å². The highest BCUT2D eigenvalue weighted by molar-refractivity contribution is 5.93. The Kier molecular flexibility index (Phi) is 2.39. The molecule has 0 radical (unpaired) electrons. The van der Waals surface area contributed by atoms with E-state index in [2.05, 4.69) is 5.32 Å². The molecule has 1 aliphatic carbocycles. The fraction of sp³-hybridized carbons (Fsp3) is 0.364. The summed E-state index contributed by atoms with van der Waals surface area (Å²) in [6.07, 6.45) is 3.74. The molecular weight excluding hydrogens is 176 g/mol. The van der Waals surface area contributed by atoms with Gasteiger partial charge in [0.25, 0.3) is 0 Å². The van der Waals surface area contributed by atoms with E-state index in [1.165, 1.54) is 19.3 Å². The summed E-state index contributed by atoms with van der Waals surface area (Å²) in [5.74, 6) is -0.373. The number of benzene rings is 1. The van der Waals surface area contributed by atoms with Crippen LogP contribution in [0.1, 0.15) is 29.6 Å². The van der Waals surface area contributed by atoms with Crippen molar-refractivity contribution in [2.24, 2.45) is 5.73 Å². The monoisotopic (exact) mass is 190 g/mol. The molecule has 1 saturated carbocycles. The molecule has 1 amide bonds. The minimum atomic E-state index is -0.373. The SMILES string of the molecule is NC(=O)c1cccc(NC2CCC2)c1. The van der Waals surface area contributed by atoms with Gasteiger partial charge in [-0.2, -0.15) is 0 Å². The van der Waals surface area contributed by atoms with Crippen molar-refractivity contribution in [1.82, 2.24) is 0 Å². The van der Waals surface area contributed by atoms with E-state index in [4.69, 9.17) is 5.73 Å². The fourth-order valence-corrected chi connectivity index (χ4v) is 1.55. The van der Waals surface area contributed by atoms with Gasteiger partial charge in [0.05, 0.1) is 0 Å². The molecule has 1 aromatic rings. The van der Waals surface area contributed by atoms with Crippen molar-refractivity contribution < 1.29 is 4.79 Å². The van der Waals surface area contributed by atoms with Crippen LogP contribution in [0.15, 0.2) is 24.3 Å². The standard InChI is InChI=1S/C11H14N2O/c12-11(14)8-3-1-6-10(7-8)13-9-4-2-5-9/h1,3,6-7,9,13H,2,4-5H2,(H2,12,14). The summed E-state index contributed by atoms with van der Waals surface area (Å²) in [6, 6.07) is 7.93. The van der Waals surface area contributed by atoms with Crippen molar-refractivity contribution in [1.29, 1.82) is 0 Å². The molecule has 0 spiro atoms. The predicted molar refractivity (Wildman–Crippen MR) is 56.2 cm³/mol. The number of primary amides is 1. The van der Waals surface area contributed by atoms with Crippen LogP contribution in [0, 0.1) is 0 Å². The second-order valence-corrected chi connectivity index (χ2v) is 3.72. The van der Waals surface area contributed by atoms with Gasteiger partial charge in [0.15, 0.2) is 0 Å². The average Bonchev–Trinajstić information content (AvgIpc) is 2.12. The molecule has 1 fully saturated rings. The Morgan fingerprint density at radius 3 is 2.79 bits per heavy atom. The number of hydrogen-bond acceptors (Lipinski definition) is 2. The average molecular weight is 190 g/mol. The van der Waals surface area contributed by atoms with Crippen LogP contribution in [0.4, 0.5) is 5.69 Å². The smallest absolute Gasteiger partial charge is 0.248 e. The first-order valence-electron chi connectivity index (χ1n) is 4.92.